The molecule has 1 N–H and O–H groups in total. The lowest BCUT2D eigenvalue weighted by Gasteiger charge is -2.04. The van der Waals surface area contributed by atoms with Crippen molar-refractivity contribution < 1.29 is 4.74 Å². The van der Waals surface area contributed by atoms with Crippen LogP contribution in [0.3, 0.4) is 0 Å². The zero-order valence-electron chi connectivity index (χ0n) is 12.5. The molecule has 0 aliphatic heterocycles. The van der Waals surface area contributed by atoms with Crippen molar-refractivity contribution in [3.63, 3.8) is 0 Å². The van der Waals surface area contributed by atoms with Gasteiger partial charge in [0.2, 0.25) is 0 Å². The molecule has 0 unspecified atom stereocenters. The molecule has 114 valence electrons. The fourth-order valence-corrected chi connectivity index (χ4v) is 2.03. The van der Waals surface area contributed by atoms with Gasteiger partial charge in [0.25, 0.3) is 5.95 Å². The van der Waals surface area contributed by atoms with Crippen LogP contribution in [0.15, 0.2) is 65.9 Å². The van der Waals surface area contributed by atoms with E-state index in [0.29, 0.717) is 5.95 Å². The highest BCUT2D eigenvalue weighted by atomic mass is 16.5. The molecule has 0 aliphatic carbocycles. The van der Waals surface area contributed by atoms with Crippen molar-refractivity contribution >= 4 is 12.2 Å². The third kappa shape index (κ3) is 3.68. The number of rotatable bonds is 5. The Balaban J connectivity index is 1.75. The molecule has 0 atom stereocenters. The van der Waals surface area contributed by atoms with Crippen LogP contribution in [-0.2, 0) is 0 Å². The Bertz CT molecular complexity index is 805. The maximum atomic E-state index is 5.26. The lowest BCUT2D eigenvalue weighted by atomic mass is 10.2. The number of nitrogens with one attached hydrogen (secondary N) is 1. The molecule has 0 saturated carbocycles. The van der Waals surface area contributed by atoms with Crippen LogP contribution >= 0.6 is 0 Å². The van der Waals surface area contributed by atoms with Crippen molar-refractivity contribution in [2.24, 2.45) is 5.10 Å². The van der Waals surface area contributed by atoms with E-state index in [1.54, 1.807) is 19.5 Å². The van der Waals surface area contributed by atoms with E-state index in [1.165, 1.54) is 0 Å². The Morgan fingerprint density at radius 1 is 1.04 bits per heavy atom. The van der Waals surface area contributed by atoms with Gasteiger partial charge in [-0.3, -0.25) is 0 Å². The highest BCUT2D eigenvalue weighted by molar-refractivity contribution is 5.83. The second-order valence-electron chi connectivity index (χ2n) is 4.64. The minimum atomic E-state index is 0.331. The van der Waals surface area contributed by atoms with E-state index in [1.807, 2.05) is 54.6 Å². The number of para-hydroxylation sites is 1. The summed E-state index contributed by atoms with van der Waals surface area (Å²) in [6.07, 6.45) is 3.27. The van der Waals surface area contributed by atoms with Gasteiger partial charge in [0.1, 0.15) is 5.75 Å². The minimum absolute atomic E-state index is 0.331. The Hall–Kier alpha value is -3.28. The lowest BCUT2D eigenvalue weighted by molar-refractivity contribution is 0.414. The molecule has 0 fully saturated rings. The average Bonchev–Trinajstić information content (AvgIpc) is 2.63. The standard InChI is InChI=1S/C17H15N5O/c1-23-16-10-6-5-9-14(16)11-18-21-17-20-15(12-19-22-17)13-7-3-2-4-8-13/h2-12H,1H3,(H,20,21,22)/b18-11-. The fraction of sp³-hybridized carbons (Fsp3) is 0.0588. The second kappa shape index (κ2) is 7.13. The zero-order chi connectivity index (χ0) is 15.9. The van der Waals surface area contributed by atoms with Gasteiger partial charge in [0.05, 0.1) is 25.2 Å². The van der Waals surface area contributed by atoms with Gasteiger partial charge in [0, 0.05) is 11.1 Å². The van der Waals surface area contributed by atoms with Crippen molar-refractivity contribution in [3.8, 4) is 17.0 Å². The Kier molecular flexibility index (Phi) is 4.54. The third-order valence-electron chi connectivity index (χ3n) is 3.14. The van der Waals surface area contributed by atoms with Gasteiger partial charge >= 0.3 is 0 Å². The van der Waals surface area contributed by atoms with Crippen molar-refractivity contribution in [1.29, 1.82) is 0 Å². The molecule has 23 heavy (non-hydrogen) atoms. The molecule has 0 amide bonds. The highest BCUT2D eigenvalue weighted by Gasteiger charge is 2.02. The van der Waals surface area contributed by atoms with E-state index in [4.69, 9.17) is 4.74 Å². The van der Waals surface area contributed by atoms with Crippen LogP contribution in [-0.4, -0.2) is 28.5 Å². The summed E-state index contributed by atoms with van der Waals surface area (Å²) in [7, 11) is 1.62. The maximum Gasteiger partial charge on any atom is 0.263 e. The molecule has 2 aromatic carbocycles. The molecule has 1 heterocycles. The molecule has 0 bridgehead atoms. The van der Waals surface area contributed by atoms with Gasteiger partial charge in [-0.1, -0.05) is 42.5 Å². The number of nitrogens with zero attached hydrogens (tertiary/aromatic N) is 4. The lowest BCUT2D eigenvalue weighted by Crippen LogP contribution is -2.00. The number of benzene rings is 2. The first-order valence-corrected chi connectivity index (χ1v) is 7.04. The summed E-state index contributed by atoms with van der Waals surface area (Å²) in [5.74, 6) is 1.08. The second-order valence-corrected chi connectivity index (χ2v) is 4.64. The summed E-state index contributed by atoms with van der Waals surface area (Å²) in [4.78, 5) is 4.39. The van der Waals surface area contributed by atoms with Gasteiger partial charge in [-0.2, -0.15) is 10.2 Å². The first-order valence-electron chi connectivity index (χ1n) is 7.04. The van der Waals surface area contributed by atoms with Gasteiger partial charge in [0.15, 0.2) is 0 Å². The fourth-order valence-electron chi connectivity index (χ4n) is 2.03. The summed E-state index contributed by atoms with van der Waals surface area (Å²) in [5.41, 5.74) is 5.34. The molecule has 0 saturated heterocycles. The Morgan fingerprint density at radius 3 is 2.65 bits per heavy atom. The number of anilines is 1. The van der Waals surface area contributed by atoms with E-state index in [0.717, 1.165) is 22.6 Å². The van der Waals surface area contributed by atoms with Crippen molar-refractivity contribution in [1.82, 2.24) is 15.2 Å². The van der Waals surface area contributed by atoms with Gasteiger partial charge in [-0.05, 0) is 12.1 Å². The molecule has 0 aliphatic rings. The molecule has 1 aromatic heterocycles. The van der Waals surface area contributed by atoms with E-state index in [2.05, 4.69) is 25.7 Å². The quantitative estimate of drug-likeness (QED) is 0.579. The number of methoxy groups -OCH3 is 1. The molecule has 0 spiro atoms. The number of ether oxygens (including phenoxy) is 1. The normalized spacial score (nSPS) is 10.7. The van der Waals surface area contributed by atoms with E-state index in [-0.39, 0.29) is 0 Å². The highest BCUT2D eigenvalue weighted by Crippen LogP contribution is 2.16. The number of hydrazone groups is 1. The van der Waals surface area contributed by atoms with Crippen molar-refractivity contribution in [3.05, 3.63) is 66.4 Å². The monoisotopic (exact) mass is 305 g/mol. The summed E-state index contributed by atoms with van der Waals surface area (Å²) in [6.45, 7) is 0. The molecule has 0 radical (unpaired) electrons. The molecular formula is C17H15N5O. The van der Waals surface area contributed by atoms with Gasteiger partial charge in [-0.25, -0.2) is 10.4 Å². The number of aromatic nitrogens is 3. The largest absolute Gasteiger partial charge is 0.496 e. The first kappa shape index (κ1) is 14.6. The summed E-state index contributed by atoms with van der Waals surface area (Å²) < 4.78 is 5.26. The SMILES string of the molecule is COc1ccccc1/C=N\Nc1nncc(-c2ccccc2)n1. The topological polar surface area (TPSA) is 72.3 Å². The maximum absolute atomic E-state index is 5.26. The predicted molar refractivity (Wildman–Crippen MR) is 89.5 cm³/mol. The Morgan fingerprint density at radius 2 is 1.83 bits per heavy atom. The number of hydrogen-bond acceptors (Lipinski definition) is 6. The molecule has 3 rings (SSSR count). The summed E-state index contributed by atoms with van der Waals surface area (Å²) in [6, 6.07) is 17.4. The van der Waals surface area contributed by atoms with E-state index < -0.39 is 0 Å². The van der Waals surface area contributed by atoms with Crippen LogP contribution in [0.25, 0.3) is 11.3 Å². The van der Waals surface area contributed by atoms with Crippen LogP contribution in [0.5, 0.6) is 5.75 Å². The average molecular weight is 305 g/mol. The summed E-state index contributed by atoms with van der Waals surface area (Å²) >= 11 is 0. The molecule has 3 aromatic rings. The van der Waals surface area contributed by atoms with Gasteiger partial charge < -0.3 is 4.74 Å². The van der Waals surface area contributed by atoms with Gasteiger partial charge in [-0.15, -0.1) is 5.10 Å². The smallest absolute Gasteiger partial charge is 0.263 e. The van der Waals surface area contributed by atoms with Crippen LogP contribution in [0.2, 0.25) is 0 Å². The molecular weight excluding hydrogens is 290 g/mol. The van der Waals surface area contributed by atoms with Crippen LogP contribution in [0, 0.1) is 0 Å². The van der Waals surface area contributed by atoms with Crippen LogP contribution < -0.4 is 10.2 Å². The third-order valence-corrected chi connectivity index (χ3v) is 3.14. The Labute approximate surface area is 133 Å². The first-order chi connectivity index (χ1) is 11.4. The van der Waals surface area contributed by atoms with E-state index >= 15 is 0 Å². The molecule has 6 heteroatoms. The van der Waals surface area contributed by atoms with Crippen LogP contribution in [0.4, 0.5) is 5.95 Å². The van der Waals surface area contributed by atoms with Crippen LogP contribution in [0.1, 0.15) is 5.56 Å². The predicted octanol–water partition coefficient (Wildman–Crippen LogP) is 2.99. The molecule has 6 nitrogen and oxygen atoms in total. The summed E-state index contributed by atoms with van der Waals surface area (Å²) in [5, 5.41) is 12.0. The van der Waals surface area contributed by atoms with E-state index in [9.17, 15) is 0 Å². The zero-order valence-corrected chi connectivity index (χ0v) is 12.5. The minimum Gasteiger partial charge on any atom is -0.496 e. The number of hydrogen-bond donors (Lipinski definition) is 1. The van der Waals surface area contributed by atoms with Crippen molar-refractivity contribution in [2.45, 2.75) is 0 Å². The van der Waals surface area contributed by atoms with Crippen molar-refractivity contribution in [2.75, 3.05) is 12.5 Å².